The number of hydrogen-bond donors (Lipinski definition) is 2. The van der Waals surface area contributed by atoms with E-state index in [0.29, 0.717) is 12.0 Å². The van der Waals surface area contributed by atoms with E-state index in [9.17, 15) is 14.4 Å². The Morgan fingerprint density at radius 1 is 1.42 bits per heavy atom. The number of aliphatic hydroxyl groups is 1. The summed E-state index contributed by atoms with van der Waals surface area (Å²) in [4.78, 5) is 36.2. The molecule has 6 heteroatoms. The lowest BCUT2D eigenvalue weighted by Gasteiger charge is -2.28. The van der Waals surface area contributed by atoms with Crippen molar-refractivity contribution in [1.82, 2.24) is 10.2 Å². The van der Waals surface area contributed by atoms with E-state index in [1.807, 2.05) is 0 Å². The van der Waals surface area contributed by atoms with E-state index < -0.39 is 11.9 Å². The number of carbonyl (C=O) groups is 3. The summed E-state index contributed by atoms with van der Waals surface area (Å²) in [5.41, 5.74) is 0.766. The molecule has 3 amide bonds. The van der Waals surface area contributed by atoms with Crippen molar-refractivity contribution in [3.63, 3.8) is 0 Å². The second-order valence-corrected chi connectivity index (χ2v) is 4.54. The van der Waals surface area contributed by atoms with E-state index in [4.69, 9.17) is 5.11 Å². The van der Waals surface area contributed by atoms with Crippen LogP contribution in [-0.4, -0.2) is 40.3 Å². The molecule has 0 saturated carbocycles. The highest BCUT2D eigenvalue weighted by Crippen LogP contribution is 2.27. The topological polar surface area (TPSA) is 86.7 Å². The number of piperidine rings is 1. The van der Waals surface area contributed by atoms with Gasteiger partial charge in [0.05, 0.1) is 0 Å². The normalized spacial score (nSPS) is 26.0. The minimum Gasteiger partial charge on any atom is -0.509 e. The predicted octanol–water partition coefficient (Wildman–Crippen LogP) is 0.188. The van der Waals surface area contributed by atoms with E-state index in [2.05, 4.69) is 18.5 Å². The number of aliphatic hydroxyl groups excluding tert-OH is 1. The summed E-state index contributed by atoms with van der Waals surface area (Å²) in [6.07, 6.45) is 1.86. The van der Waals surface area contributed by atoms with Crippen LogP contribution in [0, 0.1) is 0 Å². The van der Waals surface area contributed by atoms with Crippen LogP contribution in [0.3, 0.4) is 0 Å². The highest BCUT2D eigenvalue weighted by Gasteiger charge is 2.39. The first-order valence-corrected chi connectivity index (χ1v) is 5.82. The maximum atomic E-state index is 12.0. The zero-order valence-electron chi connectivity index (χ0n) is 10.3. The molecule has 100 valence electrons. The molecule has 19 heavy (non-hydrogen) atoms. The molecule has 2 aliphatic heterocycles. The Morgan fingerprint density at radius 3 is 2.68 bits per heavy atom. The first-order chi connectivity index (χ1) is 8.90. The van der Waals surface area contributed by atoms with Crippen LogP contribution in [0.4, 0.5) is 0 Å². The molecule has 0 aliphatic carbocycles. The molecule has 2 saturated heterocycles. The summed E-state index contributed by atoms with van der Waals surface area (Å²) in [5, 5.41) is 11.3. The number of carbonyl (C=O) groups excluding carboxylic acids is 3. The van der Waals surface area contributed by atoms with E-state index in [1.165, 1.54) is 11.0 Å². The fraction of sp³-hybridized carbons (Fsp3) is 0.308. The van der Waals surface area contributed by atoms with E-state index in [0.717, 1.165) is 0 Å². The molecule has 0 bridgehead atoms. The Balaban J connectivity index is 2.21. The van der Waals surface area contributed by atoms with Gasteiger partial charge in [0.2, 0.25) is 11.8 Å². The maximum absolute atomic E-state index is 12.0. The van der Waals surface area contributed by atoms with Gasteiger partial charge in [-0.3, -0.25) is 19.7 Å². The number of amides is 3. The molecule has 0 aromatic carbocycles. The Kier molecular flexibility index (Phi) is 3.25. The van der Waals surface area contributed by atoms with Gasteiger partial charge >= 0.3 is 0 Å². The Hall–Kier alpha value is -2.37. The fourth-order valence-corrected chi connectivity index (χ4v) is 2.23. The second kappa shape index (κ2) is 4.72. The summed E-state index contributed by atoms with van der Waals surface area (Å²) in [5.74, 6) is -1.33. The minimum atomic E-state index is -0.667. The van der Waals surface area contributed by atoms with Gasteiger partial charge in [-0.25, -0.2) is 0 Å². The zero-order valence-corrected chi connectivity index (χ0v) is 10.3. The van der Waals surface area contributed by atoms with Crippen LogP contribution in [0.2, 0.25) is 0 Å². The number of allylic oxidation sites excluding steroid dienone is 1. The van der Waals surface area contributed by atoms with Gasteiger partial charge in [0.25, 0.3) is 5.91 Å². The van der Waals surface area contributed by atoms with Crippen molar-refractivity contribution in [2.75, 3.05) is 6.54 Å². The van der Waals surface area contributed by atoms with Crippen molar-refractivity contribution in [3.05, 3.63) is 36.1 Å². The lowest BCUT2D eigenvalue weighted by Crippen LogP contribution is -2.52. The third kappa shape index (κ3) is 2.42. The zero-order chi connectivity index (χ0) is 14.2. The lowest BCUT2D eigenvalue weighted by atomic mass is 10.0. The SMILES string of the molecule is C=C(O)/C=C1/CN(C2CCC(=O)NC2=O)C(=O)C1=C. The molecular weight excluding hydrogens is 248 g/mol. The van der Waals surface area contributed by atoms with Crippen molar-refractivity contribution in [3.8, 4) is 0 Å². The predicted molar refractivity (Wildman–Crippen MR) is 66.9 cm³/mol. The quantitative estimate of drug-likeness (QED) is 0.422. The van der Waals surface area contributed by atoms with Crippen LogP contribution in [-0.2, 0) is 14.4 Å². The van der Waals surface area contributed by atoms with Gasteiger partial charge in [-0.2, -0.15) is 0 Å². The van der Waals surface area contributed by atoms with Crippen molar-refractivity contribution < 1.29 is 19.5 Å². The Bertz CT molecular complexity index is 533. The average Bonchev–Trinajstić information content (AvgIpc) is 2.57. The summed E-state index contributed by atoms with van der Waals surface area (Å²) in [6, 6.07) is -0.667. The second-order valence-electron chi connectivity index (χ2n) is 4.54. The molecule has 0 aromatic rings. The number of hydrogen-bond acceptors (Lipinski definition) is 4. The van der Waals surface area contributed by atoms with Gasteiger partial charge in [0.1, 0.15) is 11.8 Å². The molecule has 1 atom stereocenters. The maximum Gasteiger partial charge on any atom is 0.254 e. The van der Waals surface area contributed by atoms with Crippen molar-refractivity contribution in [1.29, 1.82) is 0 Å². The molecule has 2 heterocycles. The third-order valence-corrected chi connectivity index (χ3v) is 3.17. The summed E-state index contributed by atoms with van der Waals surface area (Å²) < 4.78 is 0. The van der Waals surface area contributed by atoms with Crippen LogP contribution < -0.4 is 5.32 Å². The molecule has 0 spiro atoms. The highest BCUT2D eigenvalue weighted by atomic mass is 16.3. The minimum absolute atomic E-state index is 0.172. The Morgan fingerprint density at radius 2 is 2.11 bits per heavy atom. The monoisotopic (exact) mass is 262 g/mol. The molecule has 2 fully saturated rings. The largest absolute Gasteiger partial charge is 0.509 e. The Labute approximate surface area is 110 Å². The van der Waals surface area contributed by atoms with Crippen LogP contribution in [0.15, 0.2) is 36.1 Å². The first-order valence-electron chi connectivity index (χ1n) is 5.82. The summed E-state index contributed by atoms with van der Waals surface area (Å²) in [6.45, 7) is 7.15. The average molecular weight is 262 g/mol. The molecule has 2 N–H and O–H groups in total. The van der Waals surface area contributed by atoms with Gasteiger partial charge < -0.3 is 10.0 Å². The van der Waals surface area contributed by atoms with Gasteiger partial charge in [-0.1, -0.05) is 13.2 Å². The van der Waals surface area contributed by atoms with E-state index in [1.54, 1.807) is 0 Å². The lowest BCUT2D eigenvalue weighted by molar-refractivity contribution is -0.142. The molecule has 2 aliphatic rings. The van der Waals surface area contributed by atoms with Crippen LogP contribution in [0.1, 0.15) is 12.8 Å². The summed E-state index contributed by atoms with van der Waals surface area (Å²) in [7, 11) is 0. The van der Waals surface area contributed by atoms with Gasteiger partial charge in [0, 0.05) is 18.5 Å². The van der Waals surface area contributed by atoms with Crippen LogP contribution in [0.5, 0.6) is 0 Å². The van der Waals surface area contributed by atoms with Gasteiger partial charge in [0.15, 0.2) is 0 Å². The molecule has 1 unspecified atom stereocenters. The van der Waals surface area contributed by atoms with Crippen LogP contribution in [0.25, 0.3) is 0 Å². The first kappa shape index (κ1) is 13.1. The van der Waals surface area contributed by atoms with Crippen molar-refractivity contribution in [2.24, 2.45) is 0 Å². The number of imide groups is 1. The molecule has 0 aromatic heterocycles. The van der Waals surface area contributed by atoms with Crippen molar-refractivity contribution in [2.45, 2.75) is 18.9 Å². The third-order valence-electron chi connectivity index (χ3n) is 3.17. The smallest absolute Gasteiger partial charge is 0.254 e. The van der Waals surface area contributed by atoms with Gasteiger partial charge in [-0.05, 0) is 18.1 Å². The standard InChI is InChI=1S/C13H14N2O4/c1-7(16)5-9-6-15(13(19)8(9)2)10-3-4-11(17)14-12(10)18/h5,10,16H,1-4,6H2,(H,14,17,18)/b9-5-. The fourth-order valence-electron chi connectivity index (χ4n) is 2.23. The highest BCUT2D eigenvalue weighted by molar-refractivity contribution is 6.06. The van der Waals surface area contributed by atoms with Crippen molar-refractivity contribution >= 4 is 17.7 Å². The molecule has 2 rings (SSSR count). The molecular formula is C13H14N2O4. The van der Waals surface area contributed by atoms with E-state index >= 15 is 0 Å². The number of nitrogens with one attached hydrogen (secondary N) is 1. The number of likely N-dealkylation sites (tertiary alicyclic amines) is 1. The molecule has 0 radical (unpaired) electrons. The number of nitrogens with zero attached hydrogens (tertiary/aromatic N) is 1. The number of rotatable bonds is 2. The summed E-state index contributed by atoms with van der Waals surface area (Å²) >= 11 is 0. The van der Waals surface area contributed by atoms with E-state index in [-0.39, 0.29) is 36.1 Å². The molecule has 6 nitrogen and oxygen atoms in total. The van der Waals surface area contributed by atoms with Crippen LogP contribution >= 0.6 is 0 Å². The van der Waals surface area contributed by atoms with Gasteiger partial charge in [-0.15, -0.1) is 0 Å².